The fourth-order valence-corrected chi connectivity index (χ4v) is 6.22. The van der Waals surface area contributed by atoms with Crippen molar-refractivity contribution < 1.29 is 17.9 Å². The van der Waals surface area contributed by atoms with Gasteiger partial charge in [0.2, 0.25) is 15.9 Å². The molecule has 0 aliphatic carbocycles. The number of rotatable bonds is 12. The van der Waals surface area contributed by atoms with Gasteiger partial charge in [-0.3, -0.25) is 9.69 Å². The lowest BCUT2D eigenvalue weighted by Crippen LogP contribution is -2.60. The maximum absolute atomic E-state index is 13.2. The van der Waals surface area contributed by atoms with E-state index in [1.165, 1.54) is 26.6 Å². The number of sulfonamides is 1. The molecule has 1 unspecified atom stereocenters. The highest BCUT2D eigenvalue weighted by Crippen LogP contribution is 2.18. The number of thioether (sulfide) groups is 1. The minimum absolute atomic E-state index is 0.270. The van der Waals surface area contributed by atoms with E-state index in [1.807, 2.05) is 30.5 Å². The number of nitrogens with zero attached hydrogens (tertiary/aromatic N) is 4. The maximum Gasteiger partial charge on any atom is 0.239 e. The zero-order chi connectivity index (χ0) is 27.8. The van der Waals surface area contributed by atoms with Crippen LogP contribution in [0.5, 0.6) is 5.75 Å². The third-order valence-corrected chi connectivity index (χ3v) is 9.04. The number of hydrogen-bond acceptors (Lipinski definition) is 7. The molecule has 1 saturated heterocycles. The molecule has 2 aromatic carbocycles. The largest absolute Gasteiger partial charge is 0.497 e. The summed E-state index contributed by atoms with van der Waals surface area (Å²) in [5.74, 6) is 0.540. The number of amides is 1. The van der Waals surface area contributed by atoms with Gasteiger partial charge in [-0.2, -0.15) is 4.31 Å². The summed E-state index contributed by atoms with van der Waals surface area (Å²) in [6.07, 6.45) is 8.24. The van der Waals surface area contributed by atoms with Gasteiger partial charge < -0.3 is 14.6 Å². The summed E-state index contributed by atoms with van der Waals surface area (Å²) in [7, 11) is -1.88. The smallest absolute Gasteiger partial charge is 0.239 e. The molecule has 0 radical (unpaired) electrons. The molecule has 39 heavy (non-hydrogen) atoms. The molecule has 3 aromatic rings. The number of benzene rings is 2. The molecule has 1 aliphatic heterocycles. The number of aromatic nitrogens is 2. The number of carbonyl (C=O) groups is 1. The number of ether oxygens (including phenoxy) is 1. The van der Waals surface area contributed by atoms with Crippen LogP contribution in [0.4, 0.5) is 0 Å². The van der Waals surface area contributed by atoms with E-state index in [2.05, 4.69) is 50.3 Å². The summed E-state index contributed by atoms with van der Waals surface area (Å²) in [6, 6.07) is 15.6. The van der Waals surface area contributed by atoms with Crippen molar-refractivity contribution in [1.29, 1.82) is 0 Å². The van der Waals surface area contributed by atoms with Gasteiger partial charge in [-0.15, -0.1) is 11.8 Å². The van der Waals surface area contributed by atoms with E-state index in [4.69, 9.17) is 4.74 Å². The lowest BCUT2D eigenvalue weighted by Gasteiger charge is -2.39. The molecular weight excluding hydrogens is 534 g/mol. The van der Waals surface area contributed by atoms with Crippen LogP contribution in [0.15, 0.2) is 66.0 Å². The summed E-state index contributed by atoms with van der Waals surface area (Å²) < 4.78 is 33.6. The first-order valence-corrected chi connectivity index (χ1v) is 16.1. The van der Waals surface area contributed by atoms with E-state index >= 15 is 0 Å². The second-order valence-electron chi connectivity index (χ2n) is 9.69. The van der Waals surface area contributed by atoms with Gasteiger partial charge in [0, 0.05) is 62.5 Å². The minimum atomic E-state index is -3.52. The van der Waals surface area contributed by atoms with Gasteiger partial charge >= 0.3 is 0 Å². The van der Waals surface area contributed by atoms with Gasteiger partial charge in [0.05, 0.1) is 19.7 Å². The first-order chi connectivity index (χ1) is 18.8. The van der Waals surface area contributed by atoms with Gasteiger partial charge in [-0.05, 0) is 48.1 Å². The Bertz CT molecular complexity index is 1330. The van der Waals surface area contributed by atoms with Crippen molar-refractivity contribution in [3.63, 3.8) is 0 Å². The van der Waals surface area contributed by atoms with E-state index in [0.29, 0.717) is 39.1 Å². The molecule has 0 saturated carbocycles. The molecule has 210 valence electrons. The highest BCUT2D eigenvalue weighted by atomic mass is 32.2. The second kappa shape index (κ2) is 13.5. The number of nitrogens with one attached hydrogen (secondary N) is 1. The van der Waals surface area contributed by atoms with E-state index in [0.717, 1.165) is 24.4 Å². The summed E-state index contributed by atoms with van der Waals surface area (Å²) in [4.78, 5) is 20.9. The number of hydrogen-bond donors (Lipinski definition) is 1. The molecule has 1 N–H and O–H groups in total. The fraction of sp³-hybridized carbons (Fsp3) is 0.429. The van der Waals surface area contributed by atoms with Gasteiger partial charge in [0.25, 0.3) is 0 Å². The quantitative estimate of drug-likeness (QED) is 0.334. The highest BCUT2D eigenvalue weighted by Gasteiger charge is 2.37. The van der Waals surface area contributed by atoms with Crippen LogP contribution in [-0.2, 0) is 34.2 Å². The Hall–Kier alpha value is -2.86. The van der Waals surface area contributed by atoms with Crippen molar-refractivity contribution >= 4 is 27.7 Å². The van der Waals surface area contributed by atoms with Crippen LogP contribution >= 0.6 is 11.8 Å². The van der Waals surface area contributed by atoms with Crippen LogP contribution < -0.4 is 10.1 Å². The van der Waals surface area contributed by atoms with Crippen molar-refractivity contribution in [3.8, 4) is 5.75 Å². The molecule has 1 atom stereocenters. The number of carbonyl (C=O) groups excluding carboxylic acids is 1. The summed E-state index contributed by atoms with van der Waals surface area (Å²) in [6.45, 7) is 3.08. The van der Waals surface area contributed by atoms with Crippen LogP contribution in [0, 0.1) is 0 Å². The Labute approximate surface area is 235 Å². The standard InChI is InChI=1S/C28H37N5O4S2/c1-37-25-8-4-22(5-9-25)13-15-31-16-17-33(39(3,35)36)27(20-31)28(34)30-14-12-24-18-29-21-32(24)19-23-6-10-26(38-2)11-7-23/h4-11,18,21,27H,12-17,19-20H2,1-3H3,(H,30,34). The Balaban J connectivity index is 1.32. The number of piperazine rings is 1. The number of imidazole rings is 1. The first-order valence-electron chi connectivity index (χ1n) is 13.0. The Morgan fingerprint density at radius 2 is 1.79 bits per heavy atom. The molecule has 2 heterocycles. The van der Waals surface area contributed by atoms with Crippen LogP contribution in [-0.4, -0.2) is 91.5 Å². The van der Waals surface area contributed by atoms with Gasteiger partial charge in [-0.1, -0.05) is 24.3 Å². The Kier molecular flexibility index (Phi) is 10.1. The first kappa shape index (κ1) is 29.1. The monoisotopic (exact) mass is 571 g/mol. The van der Waals surface area contributed by atoms with Crippen molar-refractivity contribution in [2.75, 3.05) is 52.3 Å². The lowest BCUT2D eigenvalue weighted by atomic mass is 10.1. The minimum Gasteiger partial charge on any atom is -0.497 e. The molecule has 0 bridgehead atoms. The molecule has 1 amide bonds. The normalized spacial score (nSPS) is 16.7. The average Bonchev–Trinajstić information content (AvgIpc) is 3.38. The second-order valence-corrected chi connectivity index (χ2v) is 12.5. The third-order valence-electron chi connectivity index (χ3n) is 7.01. The van der Waals surface area contributed by atoms with E-state index in [-0.39, 0.29) is 5.91 Å². The van der Waals surface area contributed by atoms with Gasteiger partial charge in [0.1, 0.15) is 11.8 Å². The highest BCUT2D eigenvalue weighted by molar-refractivity contribution is 7.98. The van der Waals surface area contributed by atoms with Crippen LogP contribution in [0.25, 0.3) is 0 Å². The van der Waals surface area contributed by atoms with Crippen LogP contribution in [0.3, 0.4) is 0 Å². The van der Waals surface area contributed by atoms with Crippen molar-refractivity contribution in [2.24, 2.45) is 0 Å². The van der Waals surface area contributed by atoms with E-state index in [1.54, 1.807) is 25.2 Å². The van der Waals surface area contributed by atoms with Gasteiger partial charge in [-0.25, -0.2) is 13.4 Å². The zero-order valence-corrected chi connectivity index (χ0v) is 24.4. The molecule has 4 rings (SSSR count). The van der Waals surface area contributed by atoms with Crippen molar-refractivity contribution in [2.45, 2.75) is 30.3 Å². The lowest BCUT2D eigenvalue weighted by molar-refractivity contribution is -0.126. The van der Waals surface area contributed by atoms with Crippen LogP contribution in [0.2, 0.25) is 0 Å². The van der Waals surface area contributed by atoms with Crippen LogP contribution in [0.1, 0.15) is 16.8 Å². The molecule has 1 aliphatic rings. The fourth-order valence-electron chi connectivity index (χ4n) is 4.77. The van der Waals surface area contributed by atoms with E-state index < -0.39 is 16.1 Å². The predicted octanol–water partition coefficient (Wildman–Crippen LogP) is 2.51. The topological polar surface area (TPSA) is 96.8 Å². The molecule has 0 spiro atoms. The summed E-state index contributed by atoms with van der Waals surface area (Å²) >= 11 is 1.71. The molecular formula is C28H37N5O4S2. The third kappa shape index (κ3) is 8.07. The Morgan fingerprint density at radius 3 is 2.46 bits per heavy atom. The Morgan fingerprint density at radius 1 is 1.08 bits per heavy atom. The van der Waals surface area contributed by atoms with Crippen molar-refractivity contribution in [1.82, 2.24) is 24.1 Å². The van der Waals surface area contributed by atoms with E-state index in [9.17, 15) is 13.2 Å². The average molecular weight is 572 g/mol. The maximum atomic E-state index is 13.2. The summed E-state index contributed by atoms with van der Waals surface area (Å²) in [5, 5.41) is 2.98. The number of methoxy groups -OCH3 is 1. The molecule has 9 nitrogen and oxygen atoms in total. The zero-order valence-electron chi connectivity index (χ0n) is 22.7. The molecule has 11 heteroatoms. The summed E-state index contributed by atoms with van der Waals surface area (Å²) in [5.41, 5.74) is 3.35. The predicted molar refractivity (Wildman–Crippen MR) is 155 cm³/mol. The van der Waals surface area contributed by atoms with Gasteiger partial charge in [0.15, 0.2) is 0 Å². The SMILES string of the molecule is COc1ccc(CCN2CCN(S(C)(=O)=O)C(C(=O)NCCc3cncn3Cc3ccc(SC)cc3)C2)cc1. The molecule has 1 aromatic heterocycles. The molecule has 1 fully saturated rings. The van der Waals surface area contributed by atoms with Crippen molar-refractivity contribution in [3.05, 3.63) is 77.9 Å².